The zero-order chi connectivity index (χ0) is 15.7. The predicted octanol–water partition coefficient (Wildman–Crippen LogP) is 3.07. The van der Waals surface area contributed by atoms with Crippen LogP contribution in [0, 0.1) is 6.92 Å². The summed E-state index contributed by atoms with van der Waals surface area (Å²) in [6.45, 7) is 1.81. The number of carbonyl (C=O) groups is 1. The van der Waals surface area contributed by atoms with Crippen LogP contribution in [-0.4, -0.2) is 33.0 Å². The molecule has 0 atom stereocenters. The quantitative estimate of drug-likeness (QED) is 0.916. The Kier molecular flexibility index (Phi) is 4.15. The number of methoxy groups -OCH3 is 1. The number of aromatic nitrogens is 3. The van der Waals surface area contributed by atoms with Crippen LogP contribution in [0.2, 0.25) is 0 Å². The third kappa shape index (κ3) is 2.85. The van der Waals surface area contributed by atoms with Crippen molar-refractivity contribution in [3.63, 3.8) is 0 Å². The van der Waals surface area contributed by atoms with Gasteiger partial charge in [0.1, 0.15) is 17.2 Å². The van der Waals surface area contributed by atoms with E-state index in [2.05, 4.69) is 10.1 Å². The second-order valence-electron chi connectivity index (χ2n) is 5.58. The van der Waals surface area contributed by atoms with E-state index in [0.29, 0.717) is 11.7 Å². The molecule has 0 saturated heterocycles. The standard InChI is InChI=1S/C15H19N3O3S/c1-9-7-11(21-2)13(22-9)15-16-14(10-5-3-4-6-10)17-18(15)8-12(19)20/h7,10H,3-6,8H2,1-2H3,(H,19,20). The Bertz CT molecular complexity index is 686. The summed E-state index contributed by atoms with van der Waals surface area (Å²) in [5.74, 6) is 1.51. The van der Waals surface area contributed by atoms with E-state index in [0.717, 1.165) is 34.2 Å². The molecule has 0 aromatic carbocycles. The van der Waals surface area contributed by atoms with Crippen molar-refractivity contribution in [3.05, 3.63) is 16.8 Å². The molecule has 118 valence electrons. The number of rotatable bonds is 5. The third-order valence-electron chi connectivity index (χ3n) is 3.94. The van der Waals surface area contributed by atoms with Gasteiger partial charge in [-0.15, -0.1) is 11.3 Å². The largest absolute Gasteiger partial charge is 0.495 e. The van der Waals surface area contributed by atoms with E-state index in [1.807, 2.05) is 13.0 Å². The highest BCUT2D eigenvalue weighted by atomic mass is 32.1. The van der Waals surface area contributed by atoms with Crippen molar-refractivity contribution in [2.75, 3.05) is 7.11 Å². The highest BCUT2D eigenvalue weighted by molar-refractivity contribution is 7.15. The Balaban J connectivity index is 2.05. The Morgan fingerprint density at radius 3 is 2.86 bits per heavy atom. The van der Waals surface area contributed by atoms with Crippen molar-refractivity contribution in [3.8, 4) is 16.5 Å². The van der Waals surface area contributed by atoms with Crippen LogP contribution in [0.1, 0.15) is 42.3 Å². The predicted molar refractivity (Wildman–Crippen MR) is 83.5 cm³/mol. The van der Waals surface area contributed by atoms with Crippen LogP contribution < -0.4 is 4.74 Å². The molecular weight excluding hydrogens is 302 g/mol. The Morgan fingerprint density at radius 2 is 2.23 bits per heavy atom. The van der Waals surface area contributed by atoms with Gasteiger partial charge in [0.15, 0.2) is 11.6 Å². The lowest BCUT2D eigenvalue weighted by Gasteiger charge is -2.03. The summed E-state index contributed by atoms with van der Waals surface area (Å²) < 4.78 is 6.89. The SMILES string of the molecule is COc1cc(C)sc1-c1nc(C2CCCC2)nn1CC(=O)O. The van der Waals surface area contributed by atoms with E-state index in [-0.39, 0.29) is 6.54 Å². The number of carboxylic acid groups (broad SMARTS) is 1. The number of ether oxygens (including phenoxy) is 1. The molecule has 0 spiro atoms. The lowest BCUT2D eigenvalue weighted by molar-refractivity contribution is -0.137. The van der Waals surface area contributed by atoms with Gasteiger partial charge in [-0.05, 0) is 25.8 Å². The van der Waals surface area contributed by atoms with Gasteiger partial charge < -0.3 is 9.84 Å². The van der Waals surface area contributed by atoms with Crippen molar-refractivity contribution < 1.29 is 14.6 Å². The highest BCUT2D eigenvalue weighted by Gasteiger charge is 2.26. The van der Waals surface area contributed by atoms with Crippen LogP contribution >= 0.6 is 11.3 Å². The van der Waals surface area contributed by atoms with Gasteiger partial charge in [0.25, 0.3) is 0 Å². The van der Waals surface area contributed by atoms with Crippen LogP contribution in [0.5, 0.6) is 5.75 Å². The second kappa shape index (κ2) is 6.08. The van der Waals surface area contributed by atoms with Gasteiger partial charge in [-0.2, -0.15) is 5.10 Å². The molecule has 22 heavy (non-hydrogen) atoms. The molecule has 0 amide bonds. The van der Waals surface area contributed by atoms with E-state index in [9.17, 15) is 4.79 Å². The van der Waals surface area contributed by atoms with Crippen molar-refractivity contribution >= 4 is 17.3 Å². The van der Waals surface area contributed by atoms with Crippen LogP contribution in [0.4, 0.5) is 0 Å². The topological polar surface area (TPSA) is 77.2 Å². The second-order valence-corrected chi connectivity index (χ2v) is 6.84. The monoisotopic (exact) mass is 321 g/mol. The average Bonchev–Trinajstić information content (AvgIpc) is 3.16. The van der Waals surface area contributed by atoms with E-state index in [4.69, 9.17) is 9.84 Å². The zero-order valence-corrected chi connectivity index (χ0v) is 13.5. The highest BCUT2D eigenvalue weighted by Crippen LogP contribution is 2.39. The zero-order valence-electron chi connectivity index (χ0n) is 12.7. The molecule has 1 aliphatic rings. The maximum atomic E-state index is 11.1. The molecule has 0 unspecified atom stereocenters. The fourth-order valence-electron chi connectivity index (χ4n) is 2.92. The van der Waals surface area contributed by atoms with Crippen molar-refractivity contribution in [2.45, 2.75) is 45.1 Å². The number of hydrogen-bond donors (Lipinski definition) is 1. The summed E-state index contributed by atoms with van der Waals surface area (Å²) >= 11 is 1.55. The summed E-state index contributed by atoms with van der Waals surface area (Å²) in [4.78, 5) is 17.7. The number of aliphatic carboxylic acids is 1. The number of nitrogens with zero attached hydrogens (tertiary/aromatic N) is 3. The summed E-state index contributed by atoms with van der Waals surface area (Å²) in [5.41, 5.74) is 0. The van der Waals surface area contributed by atoms with Gasteiger partial charge in [0, 0.05) is 10.8 Å². The van der Waals surface area contributed by atoms with Crippen molar-refractivity contribution in [1.29, 1.82) is 0 Å². The summed E-state index contributed by atoms with van der Waals surface area (Å²) in [6, 6.07) is 1.94. The molecule has 0 aliphatic heterocycles. The fourth-order valence-corrected chi connectivity index (χ4v) is 3.89. The minimum Gasteiger partial charge on any atom is -0.495 e. The molecule has 2 aromatic rings. The van der Waals surface area contributed by atoms with E-state index in [1.54, 1.807) is 18.4 Å². The Hall–Kier alpha value is -1.89. The number of aryl methyl sites for hydroxylation is 1. The van der Waals surface area contributed by atoms with Gasteiger partial charge in [-0.25, -0.2) is 9.67 Å². The lowest BCUT2D eigenvalue weighted by Crippen LogP contribution is -2.11. The van der Waals surface area contributed by atoms with Gasteiger partial charge in [0.2, 0.25) is 0 Å². The first-order valence-corrected chi connectivity index (χ1v) is 8.21. The first-order valence-electron chi connectivity index (χ1n) is 7.40. The summed E-state index contributed by atoms with van der Waals surface area (Å²) in [5, 5.41) is 13.6. The van der Waals surface area contributed by atoms with E-state index in [1.165, 1.54) is 17.5 Å². The van der Waals surface area contributed by atoms with E-state index < -0.39 is 5.97 Å². The first kappa shape index (κ1) is 15.0. The molecular formula is C15H19N3O3S. The van der Waals surface area contributed by atoms with Crippen LogP contribution in [0.3, 0.4) is 0 Å². The Labute approximate surface area is 132 Å². The van der Waals surface area contributed by atoms with Crippen LogP contribution in [0.25, 0.3) is 10.7 Å². The fraction of sp³-hybridized carbons (Fsp3) is 0.533. The molecule has 0 radical (unpaired) electrons. The number of hydrogen-bond acceptors (Lipinski definition) is 5. The normalized spacial score (nSPS) is 15.4. The molecule has 3 rings (SSSR count). The van der Waals surface area contributed by atoms with Gasteiger partial charge in [-0.1, -0.05) is 12.8 Å². The molecule has 2 heterocycles. The molecule has 1 N–H and O–H groups in total. The van der Waals surface area contributed by atoms with Crippen molar-refractivity contribution in [1.82, 2.24) is 14.8 Å². The molecule has 1 aliphatic carbocycles. The lowest BCUT2D eigenvalue weighted by atomic mass is 10.1. The van der Waals surface area contributed by atoms with Crippen LogP contribution in [0.15, 0.2) is 6.07 Å². The number of thiophene rings is 1. The Morgan fingerprint density at radius 1 is 1.50 bits per heavy atom. The van der Waals surface area contributed by atoms with E-state index >= 15 is 0 Å². The summed E-state index contributed by atoms with van der Waals surface area (Å²) in [6.07, 6.45) is 4.54. The van der Waals surface area contributed by atoms with Gasteiger partial charge in [-0.3, -0.25) is 4.79 Å². The van der Waals surface area contributed by atoms with Gasteiger partial charge in [0.05, 0.1) is 7.11 Å². The first-order chi connectivity index (χ1) is 10.6. The third-order valence-corrected chi connectivity index (χ3v) is 4.97. The maximum Gasteiger partial charge on any atom is 0.325 e. The van der Waals surface area contributed by atoms with Crippen molar-refractivity contribution in [2.24, 2.45) is 0 Å². The minimum atomic E-state index is -0.920. The smallest absolute Gasteiger partial charge is 0.325 e. The molecule has 7 heteroatoms. The molecule has 6 nitrogen and oxygen atoms in total. The summed E-state index contributed by atoms with van der Waals surface area (Å²) in [7, 11) is 1.61. The molecule has 1 fully saturated rings. The minimum absolute atomic E-state index is 0.185. The molecule has 2 aromatic heterocycles. The molecule has 0 bridgehead atoms. The number of carboxylic acids is 1. The average molecular weight is 321 g/mol. The van der Waals surface area contributed by atoms with Crippen LogP contribution in [-0.2, 0) is 11.3 Å². The molecule has 1 saturated carbocycles. The van der Waals surface area contributed by atoms with Gasteiger partial charge >= 0.3 is 5.97 Å². The maximum absolute atomic E-state index is 11.1.